The van der Waals surface area contributed by atoms with E-state index in [0.717, 1.165) is 25.9 Å². The maximum absolute atomic E-state index is 4.54. The summed E-state index contributed by atoms with van der Waals surface area (Å²) in [6.45, 7) is 9.18. The van der Waals surface area contributed by atoms with E-state index in [1.54, 1.807) is 0 Å². The Balaban J connectivity index is 1.59. The molecule has 0 amide bonds. The number of hydrogen-bond donors (Lipinski definition) is 2. The molecular formula is C21H27N5. The number of H-pyrrole nitrogens is 1. The Morgan fingerprint density at radius 1 is 1.12 bits per heavy atom. The third-order valence-corrected chi connectivity index (χ3v) is 5.56. The normalized spacial score (nSPS) is 18.3. The van der Waals surface area contributed by atoms with E-state index >= 15 is 0 Å². The van der Waals surface area contributed by atoms with Gasteiger partial charge in [0.2, 0.25) is 0 Å². The van der Waals surface area contributed by atoms with E-state index in [-0.39, 0.29) is 0 Å². The molecule has 0 unspecified atom stereocenters. The number of aliphatic imine (C=N–C) groups is 1. The van der Waals surface area contributed by atoms with E-state index in [2.05, 4.69) is 64.1 Å². The molecule has 2 aromatic rings. The van der Waals surface area contributed by atoms with Gasteiger partial charge in [-0.3, -0.25) is 4.99 Å². The minimum atomic E-state index is 0.555. The Kier molecular flexibility index (Phi) is 4.53. The summed E-state index contributed by atoms with van der Waals surface area (Å²) in [5.41, 5.74) is 7.52. The third-order valence-electron chi connectivity index (χ3n) is 5.56. The first-order valence-corrected chi connectivity index (χ1v) is 9.44. The van der Waals surface area contributed by atoms with Crippen LogP contribution >= 0.6 is 0 Å². The van der Waals surface area contributed by atoms with Crippen molar-refractivity contribution in [2.45, 2.75) is 39.5 Å². The van der Waals surface area contributed by atoms with Crippen molar-refractivity contribution in [1.82, 2.24) is 20.2 Å². The van der Waals surface area contributed by atoms with Gasteiger partial charge in [-0.05, 0) is 44.7 Å². The highest BCUT2D eigenvalue weighted by Gasteiger charge is 2.26. The second-order valence-electron chi connectivity index (χ2n) is 7.40. The molecule has 0 bridgehead atoms. The molecule has 1 fully saturated rings. The van der Waals surface area contributed by atoms with Crippen LogP contribution in [0.1, 0.15) is 46.8 Å². The second kappa shape index (κ2) is 6.98. The molecule has 5 nitrogen and oxygen atoms in total. The summed E-state index contributed by atoms with van der Waals surface area (Å²) in [6, 6.07) is 6.64. The molecule has 136 valence electrons. The van der Waals surface area contributed by atoms with Crippen LogP contribution in [0.25, 0.3) is 5.57 Å². The topological polar surface area (TPSA) is 56.3 Å². The third kappa shape index (κ3) is 3.14. The predicted octanol–water partition coefficient (Wildman–Crippen LogP) is 3.51. The molecule has 2 aliphatic rings. The van der Waals surface area contributed by atoms with Crippen molar-refractivity contribution in [3.05, 3.63) is 58.4 Å². The lowest BCUT2D eigenvalue weighted by molar-refractivity contribution is 0.247. The molecule has 0 atom stereocenters. The van der Waals surface area contributed by atoms with Crippen LogP contribution in [0.15, 0.2) is 35.3 Å². The molecule has 0 saturated carbocycles. The van der Waals surface area contributed by atoms with Crippen LogP contribution in [0, 0.1) is 20.8 Å². The molecule has 1 saturated heterocycles. The first-order valence-electron chi connectivity index (χ1n) is 9.44. The summed E-state index contributed by atoms with van der Waals surface area (Å²) in [7, 11) is 0. The zero-order valence-electron chi connectivity index (χ0n) is 15.8. The molecule has 2 aliphatic heterocycles. The lowest BCUT2D eigenvalue weighted by atomic mass is 9.91. The molecular weight excluding hydrogens is 322 g/mol. The maximum Gasteiger partial charge on any atom is 0.112 e. The molecule has 1 aromatic carbocycles. The second-order valence-corrected chi connectivity index (χ2v) is 7.40. The van der Waals surface area contributed by atoms with E-state index < -0.39 is 0 Å². The van der Waals surface area contributed by atoms with Crippen molar-refractivity contribution in [1.29, 1.82) is 0 Å². The molecule has 4 rings (SSSR count). The van der Waals surface area contributed by atoms with Gasteiger partial charge < -0.3 is 15.2 Å². The fourth-order valence-corrected chi connectivity index (χ4v) is 4.08. The minimum absolute atomic E-state index is 0.555. The van der Waals surface area contributed by atoms with Gasteiger partial charge in [0.1, 0.15) is 12.5 Å². The standard InChI is InChI=1S/C21H27N5/c1-14-4-5-15(2)18(10-14)19-11-22-12-25-21(19)26-8-6-17(7-9-26)20-16(3)23-13-24-20/h4-5,10-11,13,17,25H,6-9,12H2,1-3H3,(H,23,24). The molecule has 0 aliphatic carbocycles. The minimum Gasteiger partial charge on any atom is -0.358 e. The van der Waals surface area contributed by atoms with Gasteiger partial charge in [0.05, 0.1) is 12.0 Å². The summed E-state index contributed by atoms with van der Waals surface area (Å²) in [4.78, 5) is 14.7. The number of allylic oxidation sites excluding steroid dienone is 1. The highest BCUT2D eigenvalue weighted by atomic mass is 15.3. The van der Waals surface area contributed by atoms with Gasteiger partial charge in [-0.1, -0.05) is 23.8 Å². The molecule has 26 heavy (non-hydrogen) atoms. The van der Waals surface area contributed by atoms with Gasteiger partial charge in [-0.2, -0.15) is 0 Å². The summed E-state index contributed by atoms with van der Waals surface area (Å²) in [5, 5.41) is 3.53. The highest BCUT2D eigenvalue weighted by Crippen LogP contribution is 2.32. The van der Waals surface area contributed by atoms with Crippen LogP contribution in [0.2, 0.25) is 0 Å². The molecule has 2 N–H and O–H groups in total. The fraction of sp³-hybridized carbons (Fsp3) is 0.429. The Morgan fingerprint density at radius 2 is 1.92 bits per heavy atom. The number of imidazole rings is 1. The van der Waals surface area contributed by atoms with Gasteiger partial charge in [-0.15, -0.1) is 0 Å². The molecule has 5 heteroatoms. The summed E-state index contributed by atoms with van der Waals surface area (Å²) >= 11 is 0. The Morgan fingerprint density at radius 3 is 2.65 bits per heavy atom. The largest absolute Gasteiger partial charge is 0.358 e. The quantitative estimate of drug-likeness (QED) is 0.891. The van der Waals surface area contributed by atoms with Crippen molar-refractivity contribution in [3.63, 3.8) is 0 Å². The van der Waals surface area contributed by atoms with Crippen molar-refractivity contribution >= 4 is 11.8 Å². The van der Waals surface area contributed by atoms with Crippen LogP contribution < -0.4 is 5.32 Å². The number of nitrogens with zero attached hydrogens (tertiary/aromatic N) is 3. The SMILES string of the molecule is Cc1ccc(C)c(C2=C(N3CCC(c4nc[nH]c4C)CC3)NCN=C2)c1. The number of rotatable bonds is 3. The van der Waals surface area contributed by atoms with Gasteiger partial charge >= 0.3 is 0 Å². The van der Waals surface area contributed by atoms with E-state index in [9.17, 15) is 0 Å². The average Bonchev–Trinajstić information content (AvgIpc) is 3.10. The van der Waals surface area contributed by atoms with Crippen LogP contribution in [-0.2, 0) is 0 Å². The van der Waals surface area contributed by atoms with Crippen LogP contribution in [-0.4, -0.2) is 40.8 Å². The first-order chi connectivity index (χ1) is 12.6. The van der Waals surface area contributed by atoms with Gasteiger partial charge in [0, 0.05) is 36.5 Å². The van der Waals surface area contributed by atoms with Crippen molar-refractivity contribution in [2.75, 3.05) is 19.8 Å². The Labute approximate surface area is 155 Å². The Bertz CT molecular complexity index is 853. The monoisotopic (exact) mass is 349 g/mol. The average molecular weight is 349 g/mol. The van der Waals surface area contributed by atoms with Crippen molar-refractivity contribution in [2.24, 2.45) is 4.99 Å². The van der Waals surface area contributed by atoms with Crippen molar-refractivity contribution < 1.29 is 0 Å². The number of likely N-dealkylation sites (tertiary alicyclic amines) is 1. The number of aryl methyl sites for hydroxylation is 3. The zero-order chi connectivity index (χ0) is 18.1. The summed E-state index contributed by atoms with van der Waals surface area (Å²) < 4.78 is 0. The van der Waals surface area contributed by atoms with Crippen molar-refractivity contribution in [3.8, 4) is 0 Å². The molecule has 1 aromatic heterocycles. The molecule has 0 radical (unpaired) electrons. The first kappa shape index (κ1) is 16.9. The van der Waals surface area contributed by atoms with Gasteiger partial charge in [-0.25, -0.2) is 4.98 Å². The number of nitrogens with one attached hydrogen (secondary N) is 2. The van der Waals surface area contributed by atoms with Gasteiger partial charge in [0.15, 0.2) is 0 Å². The fourth-order valence-electron chi connectivity index (χ4n) is 4.08. The summed E-state index contributed by atoms with van der Waals surface area (Å²) in [5.74, 6) is 1.78. The number of aromatic amines is 1. The lowest BCUT2D eigenvalue weighted by Gasteiger charge is -2.37. The number of hydrogen-bond acceptors (Lipinski definition) is 4. The number of benzene rings is 1. The maximum atomic E-state index is 4.54. The van der Waals surface area contributed by atoms with Gasteiger partial charge in [0.25, 0.3) is 0 Å². The van der Waals surface area contributed by atoms with Crippen LogP contribution in [0.3, 0.4) is 0 Å². The van der Waals surface area contributed by atoms with Crippen LogP contribution in [0.5, 0.6) is 0 Å². The smallest absolute Gasteiger partial charge is 0.112 e. The zero-order valence-corrected chi connectivity index (χ0v) is 15.8. The molecule has 0 spiro atoms. The lowest BCUT2D eigenvalue weighted by Crippen LogP contribution is -2.40. The highest BCUT2D eigenvalue weighted by molar-refractivity contribution is 6.11. The number of aromatic nitrogens is 2. The molecule has 3 heterocycles. The Hall–Kier alpha value is -2.56. The number of piperidine rings is 1. The summed E-state index contributed by atoms with van der Waals surface area (Å²) in [6.07, 6.45) is 6.12. The van der Waals surface area contributed by atoms with Crippen LogP contribution in [0.4, 0.5) is 0 Å². The van der Waals surface area contributed by atoms with E-state index in [1.807, 2.05) is 12.5 Å². The van der Waals surface area contributed by atoms with E-state index in [0.29, 0.717) is 12.6 Å². The predicted molar refractivity (Wildman–Crippen MR) is 106 cm³/mol. The van der Waals surface area contributed by atoms with E-state index in [1.165, 1.54) is 39.5 Å². The van der Waals surface area contributed by atoms with E-state index in [4.69, 9.17) is 0 Å².